The second kappa shape index (κ2) is 10.3. The summed E-state index contributed by atoms with van der Waals surface area (Å²) in [7, 11) is 1.57. The van der Waals surface area contributed by atoms with Gasteiger partial charge in [-0.1, -0.05) is 42.5 Å². The molecule has 0 fully saturated rings. The number of carbonyl (C=O) groups excluding carboxylic acids is 2. The van der Waals surface area contributed by atoms with E-state index in [1.54, 1.807) is 44.4 Å². The standard InChI is InChI=1S/C23H24N2O5/c1-16(30-19-12-11-17-7-3-4-8-18(17)15-19)22(26)24-25-23(27)20-9-5-6-10-21(20)29-14-13-28-2/h3-12,15-16H,13-14H2,1-2H3,(H,24,26)(H,25,27). The van der Waals surface area contributed by atoms with Gasteiger partial charge >= 0.3 is 0 Å². The van der Waals surface area contributed by atoms with Crippen molar-refractivity contribution in [1.29, 1.82) is 0 Å². The minimum atomic E-state index is -0.806. The maximum absolute atomic E-state index is 12.5. The summed E-state index contributed by atoms with van der Waals surface area (Å²) in [5.41, 5.74) is 5.09. The van der Waals surface area contributed by atoms with Crippen molar-refractivity contribution in [3.8, 4) is 11.5 Å². The van der Waals surface area contributed by atoms with E-state index in [2.05, 4.69) is 10.9 Å². The van der Waals surface area contributed by atoms with Gasteiger partial charge in [0.25, 0.3) is 11.8 Å². The number of methoxy groups -OCH3 is 1. The number of benzene rings is 3. The van der Waals surface area contributed by atoms with E-state index in [1.165, 1.54) is 0 Å². The Bertz CT molecular complexity index is 1020. The Morgan fingerprint density at radius 3 is 2.43 bits per heavy atom. The molecule has 156 valence electrons. The third-order valence-electron chi connectivity index (χ3n) is 4.38. The van der Waals surface area contributed by atoms with E-state index in [1.807, 2.05) is 36.4 Å². The summed E-state index contributed by atoms with van der Waals surface area (Å²) in [5, 5.41) is 2.10. The Morgan fingerprint density at radius 1 is 0.900 bits per heavy atom. The van der Waals surface area contributed by atoms with Gasteiger partial charge < -0.3 is 14.2 Å². The summed E-state index contributed by atoms with van der Waals surface area (Å²) in [5.74, 6) is 0.00453. The second-order valence-corrected chi connectivity index (χ2v) is 6.55. The van der Waals surface area contributed by atoms with Crippen molar-refractivity contribution in [1.82, 2.24) is 10.9 Å². The molecule has 7 heteroatoms. The molecular formula is C23H24N2O5. The highest BCUT2D eigenvalue weighted by atomic mass is 16.5. The van der Waals surface area contributed by atoms with Gasteiger partial charge in [-0.05, 0) is 42.0 Å². The zero-order valence-corrected chi connectivity index (χ0v) is 16.9. The molecule has 0 spiro atoms. The first-order valence-corrected chi connectivity index (χ1v) is 9.55. The zero-order valence-electron chi connectivity index (χ0n) is 16.9. The highest BCUT2D eigenvalue weighted by Gasteiger charge is 2.17. The fourth-order valence-corrected chi connectivity index (χ4v) is 2.80. The van der Waals surface area contributed by atoms with Gasteiger partial charge in [-0.3, -0.25) is 20.4 Å². The Balaban J connectivity index is 1.56. The summed E-state index contributed by atoms with van der Waals surface area (Å²) in [6.07, 6.45) is -0.806. The predicted octanol–water partition coefficient (Wildman–Crippen LogP) is 3.09. The number of hydrogen-bond acceptors (Lipinski definition) is 5. The van der Waals surface area contributed by atoms with Crippen LogP contribution in [0.25, 0.3) is 10.8 Å². The minimum Gasteiger partial charge on any atom is -0.490 e. The molecule has 7 nitrogen and oxygen atoms in total. The first-order chi connectivity index (χ1) is 14.6. The second-order valence-electron chi connectivity index (χ2n) is 6.55. The van der Waals surface area contributed by atoms with Crippen molar-refractivity contribution in [2.75, 3.05) is 20.3 Å². The molecular weight excluding hydrogens is 384 g/mol. The molecule has 0 aliphatic rings. The highest BCUT2D eigenvalue weighted by molar-refractivity contribution is 5.98. The number of ether oxygens (including phenoxy) is 3. The summed E-state index contributed by atoms with van der Waals surface area (Å²) in [4.78, 5) is 24.8. The van der Waals surface area contributed by atoms with Crippen molar-refractivity contribution in [3.63, 3.8) is 0 Å². The molecule has 1 unspecified atom stereocenters. The van der Waals surface area contributed by atoms with Crippen LogP contribution in [0, 0.1) is 0 Å². The van der Waals surface area contributed by atoms with E-state index in [0.717, 1.165) is 10.8 Å². The van der Waals surface area contributed by atoms with Crippen molar-refractivity contribution in [2.24, 2.45) is 0 Å². The third kappa shape index (κ3) is 5.48. The molecule has 2 N–H and O–H groups in total. The highest BCUT2D eigenvalue weighted by Crippen LogP contribution is 2.21. The molecule has 0 aliphatic heterocycles. The van der Waals surface area contributed by atoms with Crippen LogP contribution < -0.4 is 20.3 Å². The predicted molar refractivity (Wildman–Crippen MR) is 113 cm³/mol. The van der Waals surface area contributed by atoms with E-state index in [-0.39, 0.29) is 0 Å². The number of hydrogen-bond donors (Lipinski definition) is 2. The largest absolute Gasteiger partial charge is 0.490 e. The first kappa shape index (κ1) is 21.1. The van der Waals surface area contributed by atoms with Crippen LogP contribution in [0.4, 0.5) is 0 Å². The van der Waals surface area contributed by atoms with Crippen molar-refractivity contribution >= 4 is 22.6 Å². The van der Waals surface area contributed by atoms with Crippen LogP contribution in [0.1, 0.15) is 17.3 Å². The summed E-state index contributed by atoms with van der Waals surface area (Å²) in [6, 6.07) is 20.2. The van der Waals surface area contributed by atoms with E-state index in [4.69, 9.17) is 14.2 Å². The molecule has 3 rings (SSSR count). The van der Waals surface area contributed by atoms with Crippen LogP contribution in [-0.4, -0.2) is 38.2 Å². The quantitative estimate of drug-likeness (QED) is 0.442. The Kier molecular flexibility index (Phi) is 7.24. The van der Waals surface area contributed by atoms with Gasteiger partial charge in [0.05, 0.1) is 12.2 Å². The van der Waals surface area contributed by atoms with Crippen LogP contribution in [0.2, 0.25) is 0 Å². The zero-order chi connectivity index (χ0) is 21.3. The monoisotopic (exact) mass is 408 g/mol. The number of fused-ring (bicyclic) bond motifs is 1. The Morgan fingerprint density at radius 2 is 1.63 bits per heavy atom. The molecule has 0 radical (unpaired) electrons. The number of nitrogens with one attached hydrogen (secondary N) is 2. The molecule has 2 amide bonds. The van der Waals surface area contributed by atoms with Crippen LogP contribution >= 0.6 is 0 Å². The molecule has 0 aromatic heterocycles. The molecule has 3 aromatic carbocycles. The molecule has 3 aromatic rings. The van der Waals surface area contributed by atoms with Gasteiger partial charge in [0.2, 0.25) is 0 Å². The fourth-order valence-electron chi connectivity index (χ4n) is 2.80. The molecule has 0 saturated heterocycles. The lowest BCUT2D eigenvalue weighted by Crippen LogP contribution is -2.47. The molecule has 30 heavy (non-hydrogen) atoms. The normalized spacial score (nSPS) is 11.5. The summed E-state index contributed by atoms with van der Waals surface area (Å²) in [6.45, 7) is 2.32. The van der Waals surface area contributed by atoms with Gasteiger partial charge in [0.15, 0.2) is 6.10 Å². The Hall–Kier alpha value is -3.58. The number of rotatable bonds is 8. The average molecular weight is 408 g/mol. The van der Waals surface area contributed by atoms with Crippen LogP contribution in [0.15, 0.2) is 66.7 Å². The lowest BCUT2D eigenvalue weighted by molar-refractivity contribution is -0.128. The molecule has 0 heterocycles. The maximum Gasteiger partial charge on any atom is 0.279 e. The smallest absolute Gasteiger partial charge is 0.279 e. The van der Waals surface area contributed by atoms with Gasteiger partial charge in [-0.25, -0.2) is 0 Å². The number of para-hydroxylation sites is 1. The summed E-state index contributed by atoms with van der Waals surface area (Å²) < 4.78 is 16.2. The van der Waals surface area contributed by atoms with Crippen LogP contribution in [0.3, 0.4) is 0 Å². The van der Waals surface area contributed by atoms with Crippen LogP contribution in [-0.2, 0) is 9.53 Å². The van der Waals surface area contributed by atoms with Gasteiger partial charge in [-0.15, -0.1) is 0 Å². The number of carbonyl (C=O) groups is 2. The number of amides is 2. The summed E-state index contributed by atoms with van der Waals surface area (Å²) >= 11 is 0. The topological polar surface area (TPSA) is 85.9 Å². The number of hydrazine groups is 1. The van der Waals surface area contributed by atoms with Crippen molar-refractivity contribution < 1.29 is 23.8 Å². The van der Waals surface area contributed by atoms with Crippen molar-refractivity contribution in [2.45, 2.75) is 13.0 Å². The van der Waals surface area contributed by atoms with Gasteiger partial charge in [0, 0.05) is 7.11 Å². The Labute approximate surface area is 174 Å². The lowest BCUT2D eigenvalue weighted by Gasteiger charge is -2.16. The van der Waals surface area contributed by atoms with Gasteiger partial charge in [0.1, 0.15) is 18.1 Å². The third-order valence-corrected chi connectivity index (χ3v) is 4.38. The molecule has 0 aliphatic carbocycles. The first-order valence-electron chi connectivity index (χ1n) is 9.55. The van der Waals surface area contributed by atoms with Crippen LogP contribution in [0.5, 0.6) is 11.5 Å². The van der Waals surface area contributed by atoms with Crippen molar-refractivity contribution in [3.05, 3.63) is 72.3 Å². The molecule has 0 bridgehead atoms. The average Bonchev–Trinajstić information content (AvgIpc) is 2.77. The van der Waals surface area contributed by atoms with Gasteiger partial charge in [-0.2, -0.15) is 0 Å². The molecule has 0 saturated carbocycles. The maximum atomic E-state index is 12.5. The van der Waals surface area contributed by atoms with E-state index >= 15 is 0 Å². The molecule has 1 atom stereocenters. The lowest BCUT2D eigenvalue weighted by atomic mass is 10.1. The van der Waals surface area contributed by atoms with E-state index < -0.39 is 17.9 Å². The van der Waals surface area contributed by atoms with E-state index in [9.17, 15) is 9.59 Å². The minimum absolute atomic E-state index is 0.303. The fraction of sp³-hybridized carbons (Fsp3) is 0.217. The van der Waals surface area contributed by atoms with E-state index in [0.29, 0.717) is 30.3 Å². The SMILES string of the molecule is COCCOc1ccccc1C(=O)NNC(=O)C(C)Oc1ccc2ccccc2c1.